The molecule has 3 rings (SSSR count). The second-order valence-electron chi connectivity index (χ2n) is 7.60. The Morgan fingerprint density at radius 1 is 1.19 bits per heavy atom. The van der Waals surface area contributed by atoms with Gasteiger partial charge in [-0.05, 0) is 63.9 Å². The number of piperidine rings is 1. The lowest BCUT2D eigenvalue weighted by molar-refractivity contribution is 0.0939. The average molecular weight is 383 g/mol. The molecule has 2 aliphatic heterocycles. The molecule has 0 unspecified atom stereocenters. The number of hydrogen-bond donors (Lipinski definition) is 1. The van der Waals surface area contributed by atoms with Crippen molar-refractivity contribution in [3.05, 3.63) is 23.5 Å². The molecule has 1 N–H and O–H groups in total. The summed E-state index contributed by atoms with van der Waals surface area (Å²) in [6.07, 6.45) is 5.38. The molecule has 1 amide bonds. The van der Waals surface area contributed by atoms with E-state index in [1.807, 2.05) is 16.7 Å². The van der Waals surface area contributed by atoms with Gasteiger partial charge in [-0.1, -0.05) is 0 Å². The Hall–Kier alpha value is -1.38. The summed E-state index contributed by atoms with van der Waals surface area (Å²) >= 11 is 0. The van der Waals surface area contributed by atoms with Gasteiger partial charge in [-0.2, -0.15) is 4.31 Å². The maximum absolute atomic E-state index is 12.6. The second-order valence-corrected chi connectivity index (χ2v) is 9.59. The molecule has 1 aromatic heterocycles. The van der Waals surface area contributed by atoms with Crippen molar-refractivity contribution in [3.8, 4) is 0 Å². The molecule has 0 aliphatic carbocycles. The van der Waals surface area contributed by atoms with Crippen LogP contribution in [0.3, 0.4) is 0 Å². The maximum atomic E-state index is 12.6. The molecule has 1 saturated heterocycles. The fourth-order valence-electron chi connectivity index (χ4n) is 3.89. The van der Waals surface area contributed by atoms with E-state index < -0.39 is 10.0 Å². The molecule has 8 heteroatoms. The third-order valence-electron chi connectivity index (χ3n) is 5.58. The highest BCUT2D eigenvalue weighted by Gasteiger charge is 2.24. The zero-order valence-corrected chi connectivity index (χ0v) is 16.6. The van der Waals surface area contributed by atoms with Crippen LogP contribution in [0.2, 0.25) is 0 Å². The lowest BCUT2D eigenvalue weighted by Gasteiger charge is -2.28. The average Bonchev–Trinajstić information content (AvgIpc) is 2.85. The van der Waals surface area contributed by atoms with Gasteiger partial charge in [0, 0.05) is 25.3 Å². The van der Waals surface area contributed by atoms with Crippen molar-refractivity contribution in [2.24, 2.45) is 5.92 Å². The predicted molar refractivity (Wildman–Crippen MR) is 101 cm³/mol. The lowest BCUT2D eigenvalue weighted by atomic mass is 9.94. The minimum atomic E-state index is -3.22. The Morgan fingerprint density at radius 2 is 1.92 bits per heavy atom. The molecule has 0 saturated carbocycles. The molecule has 146 valence electrons. The Balaban J connectivity index is 1.57. The number of nitrogens with one attached hydrogen (secondary N) is 1. The molecule has 0 radical (unpaired) electrons. The van der Waals surface area contributed by atoms with Gasteiger partial charge in [-0.15, -0.1) is 0 Å². The fraction of sp³-hybridized carbons (Fsp3) is 0.722. The van der Waals surface area contributed by atoms with Crippen LogP contribution < -0.4 is 5.32 Å². The third-order valence-corrected chi connectivity index (χ3v) is 6.83. The number of fused-ring (bicyclic) bond motifs is 1. The summed E-state index contributed by atoms with van der Waals surface area (Å²) in [6.45, 7) is 4.48. The van der Waals surface area contributed by atoms with E-state index in [0.717, 1.165) is 25.2 Å². The Morgan fingerprint density at radius 3 is 2.62 bits per heavy atom. The number of aromatic nitrogens is 1. The number of rotatable bonds is 5. The molecule has 2 aliphatic rings. The molecular formula is C18H30N4O3S. The second kappa shape index (κ2) is 8.10. The fourth-order valence-corrected chi connectivity index (χ4v) is 4.72. The van der Waals surface area contributed by atoms with Crippen LogP contribution in [0.15, 0.2) is 12.1 Å². The minimum absolute atomic E-state index is 0.0583. The van der Waals surface area contributed by atoms with Crippen molar-refractivity contribution >= 4 is 15.9 Å². The van der Waals surface area contributed by atoms with Gasteiger partial charge in [0.25, 0.3) is 5.91 Å². The Bertz CT molecular complexity index is 736. The van der Waals surface area contributed by atoms with Crippen LogP contribution in [0, 0.1) is 5.92 Å². The molecule has 1 fully saturated rings. The van der Waals surface area contributed by atoms with Crippen molar-refractivity contribution in [1.29, 1.82) is 0 Å². The van der Waals surface area contributed by atoms with E-state index in [1.165, 1.54) is 23.4 Å². The number of carbonyl (C=O) groups excluding carboxylic acids is 1. The van der Waals surface area contributed by atoms with Crippen LogP contribution in [0.1, 0.15) is 41.9 Å². The van der Waals surface area contributed by atoms with Crippen LogP contribution in [0.25, 0.3) is 0 Å². The van der Waals surface area contributed by atoms with Gasteiger partial charge in [0.2, 0.25) is 10.0 Å². The number of hydrogen-bond acceptors (Lipinski definition) is 4. The molecule has 3 heterocycles. The van der Waals surface area contributed by atoms with E-state index in [0.29, 0.717) is 44.2 Å². The van der Waals surface area contributed by atoms with Crippen LogP contribution in [-0.4, -0.2) is 67.6 Å². The van der Waals surface area contributed by atoms with Crippen LogP contribution in [0.4, 0.5) is 0 Å². The molecule has 0 bridgehead atoms. The topological polar surface area (TPSA) is 74.7 Å². The van der Waals surface area contributed by atoms with Crippen molar-refractivity contribution in [1.82, 2.24) is 19.1 Å². The van der Waals surface area contributed by atoms with Crippen molar-refractivity contribution in [2.75, 3.05) is 39.5 Å². The van der Waals surface area contributed by atoms with Gasteiger partial charge in [0.15, 0.2) is 0 Å². The quantitative estimate of drug-likeness (QED) is 0.828. The normalized spacial score (nSPS) is 20.5. The largest absolute Gasteiger partial charge is 0.351 e. The van der Waals surface area contributed by atoms with E-state index in [1.54, 1.807) is 0 Å². The first-order chi connectivity index (χ1) is 12.3. The van der Waals surface area contributed by atoms with Crippen LogP contribution >= 0.6 is 0 Å². The van der Waals surface area contributed by atoms with Crippen LogP contribution in [0.5, 0.6) is 0 Å². The first-order valence-electron chi connectivity index (χ1n) is 9.45. The number of amides is 1. The molecule has 1 aromatic rings. The van der Waals surface area contributed by atoms with E-state index >= 15 is 0 Å². The van der Waals surface area contributed by atoms with Gasteiger partial charge < -0.3 is 14.8 Å². The van der Waals surface area contributed by atoms with E-state index in [2.05, 4.69) is 17.3 Å². The van der Waals surface area contributed by atoms with E-state index in [4.69, 9.17) is 0 Å². The Kier molecular flexibility index (Phi) is 6.04. The highest BCUT2D eigenvalue weighted by molar-refractivity contribution is 7.88. The standard InChI is InChI=1S/C18H30N4O3S/c1-20-12-7-15(8-13-20)6-9-19-18(23)17-5-4-16-14-21(26(2,24)25)10-3-11-22(16)17/h4-5,15H,3,6-14H2,1-2H3,(H,19,23). The highest BCUT2D eigenvalue weighted by atomic mass is 32.2. The molecule has 0 atom stereocenters. The zero-order chi connectivity index (χ0) is 18.7. The van der Waals surface area contributed by atoms with Gasteiger partial charge >= 0.3 is 0 Å². The smallest absolute Gasteiger partial charge is 0.267 e. The van der Waals surface area contributed by atoms with Crippen molar-refractivity contribution < 1.29 is 13.2 Å². The maximum Gasteiger partial charge on any atom is 0.267 e. The molecule has 0 spiro atoms. The summed E-state index contributed by atoms with van der Waals surface area (Å²) in [6, 6.07) is 3.68. The summed E-state index contributed by atoms with van der Waals surface area (Å²) in [5, 5.41) is 3.05. The number of nitrogens with zero attached hydrogens (tertiary/aromatic N) is 3. The summed E-state index contributed by atoms with van der Waals surface area (Å²) in [5.74, 6) is 0.635. The molecule has 0 aromatic carbocycles. The van der Waals surface area contributed by atoms with Gasteiger partial charge in [-0.3, -0.25) is 4.79 Å². The highest BCUT2D eigenvalue weighted by Crippen LogP contribution is 2.20. The van der Waals surface area contributed by atoms with Gasteiger partial charge in [-0.25, -0.2) is 8.42 Å². The predicted octanol–water partition coefficient (Wildman–Crippen LogP) is 1.12. The number of carbonyl (C=O) groups is 1. The molecule has 26 heavy (non-hydrogen) atoms. The van der Waals surface area contributed by atoms with E-state index in [9.17, 15) is 13.2 Å². The summed E-state index contributed by atoms with van der Waals surface area (Å²) in [5.41, 5.74) is 1.52. The number of likely N-dealkylation sites (tertiary alicyclic amines) is 1. The molecular weight excluding hydrogens is 352 g/mol. The zero-order valence-electron chi connectivity index (χ0n) is 15.8. The van der Waals surface area contributed by atoms with Gasteiger partial charge in [0.1, 0.15) is 5.69 Å². The SMILES string of the molecule is CN1CCC(CCNC(=O)c2ccc3n2CCCN(S(C)(=O)=O)C3)CC1. The van der Waals surface area contributed by atoms with E-state index in [-0.39, 0.29) is 5.91 Å². The lowest BCUT2D eigenvalue weighted by Crippen LogP contribution is -2.33. The first kappa shape index (κ1) is 19.4. The van der Waals surface area contributed by atoms with Crippen LogP contribution in [-0.2, 0) is 23.1 Å². The summed E-state index contributed by atoms with van der Waals surface area (Å²) in [7, 11) is -1.06. The number of sulfonamides is 1. The minimum Gasteiger partial charge on any atom is -0.351 e. The molecule has 7 nitrogen and oxygen atoms in total. The van der Waals surface area contributed by atoms with Crippen molar-refractivity contribution in [2.45, 2.75) is 38.8 Å². The monoisotopic (exact) mass is 382 g/mol. The summed E-state index contributed by atoms with van der Waals surface area (Å²) < 4.78 is 27.1. The first-order valence-corrected chi connectivity index (χ1v) is 11.3. The third kappa shape index (κ3) is 4.66. The summed E-state index contributed by atoms with van der Waals surface area (Å²) in [4.78, 5) is 14.9. The van der Waals surface area contributed by atoms with Crippen molar-refractivity contribution in [3.63, 3.8) is 0 Å². The Labute approximate surface area is 156 Å². The van der Waals surface area contributed by atoms with Gasteiger partial charge in [0.05, 0.1) is 12.8 Å².